The average Bonchev–Trinajstić information content (AvgIpc) is 2.32. The van der Waals surface area contributed by atoms with Gasteiger partial charge in [0.25, 0.3) is 0 Å². The van der Waals surface area contributed by atoms with Crippen molar-refractivity contribution in [3.05, 3.63) is 23.2 Å². The van der Waals surface area contributed by atoms with Crippen LogP contribution in [0.4, 0.5) is 11.4 Å². The molecule has 1 aromatic carbocycles. The second-order valence-corrected chi connectivity index (χ2v) is 4.22. The lowest BCUT2D eigenvalue weighted by Crippen LogP contribution is -2.32. The number of halogens is 1. The van der Waals surface area contributed by atoms with Crippen molar-refractivity contribution >= 4 is 28.9 Å². The maximum absolute atomic E-state index is 11.9. The van der Waals surface area contributed by atoms with E-state index >= 15 is 0 Å². The highest BCUT2D eigenvalue weighted by atomic mass is 35.5. The first-order chi connectivity index (χ1) is 7.11. The first-order valence-electron chi connectivity index (χ1n) is 4.91. The summed E-state index contributed by atoms with van der Waals surface area (Å²) in [6, 6.07) is 5.60. The van der Waals surface area contributed by atoms with Gasteiger partial charge in [-0.05, 0) is 12.1 Å². The molecule has 1 N–H and O–H groups in total. The summed E-state index contributed by atoms with van der Waals surface area (Å²) in [5.41, 5.74) is 1.69. The van der Waals surface area contributed by atoms with Crippen molar-refractivity contribution in [2.24, 2.45) is 5.92 Å². The van der Waals surface area contributed by atoms with E-state index in [2.05, 4.69) is 5.32 Å². The van der Waals surface area contributed by atoms with Gasteiger partial charge >= 0.3 is 0 Å². The molecule has 0 bridgehead atoms. The maximum atomic E-state index is 11.9. The highest BCUT2D eigenvalue weighted by Crippen LogP contribution is 2.35. The minimum atomic E-state index is -0.0292. The van der Waals surface area contributed by atoms with Gasteiger partial charge in [0.2, 0.25) is 5.91 Å². The second kappa shape index (κ2) is 3.74. The molecular weight excluding hydrogens is 212 g/mol. The molecule has 1 aliphatic heterocycles. The molecule has 0 aromatic heterocycles. The average molecular weight is 225 g/mol. The van der Waals surface area contributed by atoms with E-state index in [1.54, 1.807) is 18.0 Å². The Morgan fingerprint density at radius 2 is 2.27 bits per heavy atom. The van der Waals surface area contributed by atoms with E-state index in [-0.39, 0.29) is 11.8 Å². The summed E-state index contributed by atoms with van der Waals surface area (Å²) in [5.74, 6) is 0.0628. The molecule has 1 heterocycles. The number of hydrogen-bond donors (Lipinski definition) is 1. The van der Waals surface area contributed by atoms with Gasteiger partial charge in [0.15, 0.2) is 0 Å². The molecule has 2 rings (SSSR count). The van der Waals surface area contributed by atoms with Gasteiger partial charge in [-0.2, -0.15) is 0 Å². The lowest BCUT2D eigenvalue weighted by atomic mass is 10.1. The third-order valence-corrected chi connectivity index (χ3v) is 2.98. The van der Waals surface area contributed by atoms with E-state index in [1.807, 2.05) is 19.1 Å². The van der Waals surface area contributed by atoms with Gasteiger partial charge in [-0.3, -0.25) is 4.79 Å². The molecule has 1 atom stereocenters. The number of rotatable bonds is 0. The number of hydrogen-bond acceptors (Lipinski definition) is 2. The minimum absolute atomic E-state index is 0.0292. The number of anilines is 2. The zero-order valence-corrected chi connectivity index (χ0v) is 9.51. The molecule has 0 saturated heterocycles. The monoisotopic (exact) mass is 224 g/mol. The summed E-state index contributed by atoms with van der Waals surface area (Å²) in [6.45, 7) is 2.56. The largest absolute Gasteiger partial charge is 0.383 e. The van der Waals surface area contributed by atoms with Crippen LogP contribution in [0.1, 0.15) is 6.92 Å². The van der Waals surface area contributed by atoms with Crippen molar-refractivity contribution in [3.63, 3.8) is 0 Å². The van der Waals surface area contributed by atoms with E-state index < -0.39 is 0 Å². The van der Waals surface area contributed by atoms with Crippen molar-refractivity contribution in [2.45, 2.75) is 6.92 Å². The molecule has 1 amide bonds. The molecular formula is C11H13ClN2O. The number of fused-ring (bicyclic) bond motifs is 1. The van der Waals surface area contributed by atoms with Crippen molar-refractivity contribution in [3.8, 4) is 0 Å². The molecule has 1 unspecified atom stereocenters. The second-order valence-electron chi connectivity index (χ2n) is 3.82. The van der Waals surface area contributed by atoms with E-state index in [4.69, 9.17) is 11.6 Å². The number of carbonyl (C=O) groups is 1. The molecule has 4 heteroatoms. The minimum Gasteiger partial charge on any atom is -0.383 e. The Hall–Kier alpha value is -1.22. The summed E-state index contributed by atoms with van der Waals surface area (Å²) in [5, 5.41) is 3.83. The maximum Gasteiger partial charge on any atom is 0.231 e. The summed E-state index contributed by atoms with van der Waals surface area (Å²) in [4.78, 5) is 13.5. The van der Waals surface area contributed by atoms with Crippen LogP contribution in [0.2, 0.25) is 5.02 Å². The predicted octanol–water partition coefficient (Wildman–Crippen LogP) is 2.36. The van der Waals surface area contributed by atoms with Gasteiger partial charge in [0.1, 0.15) is 0 Å². The van der Waals surface area contributed by atoms with E-state index in [1.165, 1.54) is 0 Å². The predicted molar refractivity (Wildman–Crippen MR) is 62.5 cm³/mol. The zero-order chi connectivity index (χ0) is 11.0. The number of para-hydroxylation sites is 1. The lowest BCUT2D eigenvalue weighted by molar-refractivity contribution is -0.121. The summed E-state index contributed by atoms with van der Waals surface area (Å²) < 4.78 is 0. The topological polar surface area (TPSA) is 32.3 Å². The third-order valence-electron chi connectivity index (χ3n) is 2.67. The number of amides is 1. The summed E-state index contributed by atoms with van der Waals surface area (Å²) in [6.07, 6.45) is 0. The molecule has 1 aromatic rings. The van der Waals surface area contributed by atoms with Crippen molar-refractivity contribution < 1.29 is 4.79 Å². The SMILES string of the molecule is CC1CNc2cccc(Cl)c2N(C)C1=O. The van der Waals surface area contributed by atoms with E-state index in [0.717, 1.165) is 11.4 Å². The Kier molecular flexibility index (Phi) is 2.57. The Labute approximate surface area is 94.0 Å². The molecule has 0 radical (unpaired) electrons. The van der Waals surface area contributed by atoms with Crippen LogP contribution in [0, 0.1) is 5.92 Å². The van der Waals surface area contributed by atoms with Crippen LogP contribution >= 0.6 is 11.6 Å². The van der Waals surface area contributed by atoms with Crippen molar-refractivity contribution in [1.29, 1.82) is 0 Å². The molecule has 0 saturated carbocycles. The fourth-order valence-electron chi connectivity index (χ4n) is 1.79. The van der Waals surface area contributed by atoms with Gasteiger partial charge in [0.05, 0.1) is 22.3 Å². The quantitative estimate of drug-likeness (QED) is 0.734. The van der Waals surface area contributed by atoms with Gasteiger partial charge < -0.3 is 10.2 Å². The first kappa shape index (κ1) is 10.3. The van der Waals surface area contributed by atoms with Crippen LogP contribution in [0.25, 0.3) is 0 Å². The van der Waals surface area contributed by atoms with Gasteiger partial charge in [-0.15, -0.1) is 0 Å². The Bertz CT molecular complexity index is 406. The lowest BCUT2D eigenvalue weighted by Gasteiger charge is -2.19. The Balaban J connectivity index is 2.53. The van der Waals surface area contributed by atoms with Crippen LogP contribution in [-0.2, 0) is 4.79 Å². The third kappa shape index (κ3) is 1.67. The number of carbonyl (C=O) groups excluding carboxylic acids is 1. The van der Waals surface area contributed by atoms with Crippen LogP contribution < -0.4 is 10.2 Å². The van der Waals surface area contributed by atoms with Crippen LogP contribution in [0.15, 0.2) is 18.2 Å². The highest BCUT2D eigenvalue weighted by Gasteiger charge is 2.25. The summed E-state index contributed by atoms with van der Waals surface area (Å²) >= 11 is 6.09. The molecule has 3 nitrogen and oxygen atoms in total. The van der Waals surface area contributed by atoms with Gasteiger partial charge in [-0.25, -0.2) is 0 Å². The molecule has 0 spiro atoms. The molecule has 1 aliphatic rings. The zero-order valence-electron chi connectivity index (χ0n) is 8.75. The van der Waals surface area contributed by atoms with E-state index in [9.17, 15) is 4.79 Å². The number of nitrogens with zero attached hydrogens (tertiary/aromatic N) is 1. The van der Waals surface area contributed by atoms with E-state index in [0.29, 0.717) is 11.6 Å². The highest BCUT2D eigenvalue weighted by molar-refractivity contribution is 6.34. The Morgan fingerprint density at radius 3 is 3.00 bits per heavy atom. The van der Waals surface area contributed by atoms with Crippen molar-refractivity contribution in [1.82, 2.24) is 0 Å². The van der Waals surface area contributed by atoms with Gasteiger partial charge in [0, 0.05) is 13.6 Å². The smallest absolute Gasteiger partial charge is 0.231 e. The van der Waals surface area contributed by atoms with Crippen LogP contribution in [-0.4, -0.2) is 19.5 Å². The molecule has 15 heavy (non-hydrogen) atoms. The fourth-order valence-corrected chi connectivity index (χ4v) is 2.09. The van der Waals surface area contributed by atoms with Crippen molar-refractivity contribution in [2.75, 3.05) is 23.8 Å². The standard InChI is InChI=1S/C11H13ClN2O/c1-7-6-13-9-5-3-4-8(12)10(9)14(2)11(7)15/h3-5,7,13H,6H2,1-2H3. The van der Waals surface area contributed by atoms with Crippen LogP contribution in [0.3, 0.4) is 0 Å². The number of benzene rings is 1. The Morgan fingerprint density at radius 1 is 1.53 bits per heavy atom. The first-order valence-corrected chi connectivity index (χ1v) is 5.29. The molecule has 0 fully saturated rings. The number of nitrogens with one attached hydrogen (secondary N) is 1. The van der Waals surface area contributed by atoms with Gasteiger partial charge in [-0.1, -0.05) is 24.6 Å². The normalized spacial score (nSPS) is 20.6. The fraction of sp³-hybridized carbons (Fsp3) is 0.364. The summed E-state index contributed by atoms with van der Waals surface area (Å²) in [7, 11) is 1.76. The van der Waals surface area contributed by atoms with Crippen LogP contribution in [0.5, 0.6) is 0 Å². The molecule has 80 valence electrons. The molecule has 0 aliphatic carbocycles.